The van der Waals surface area contributed by atoms with Crippen LogP contribution in [0.4, 0.5) is 30.8 Å². The minimum absolute atomic E-state index is 0.0310. The summed E-state index contributed by atoms with van der Waals surface area (Å²) in [7, 11) is 1.53. The lowest BCUT2D eigenvalue weighted by molar-refractivity contribution is -0.145. The predicted molar refractivity (Wildman–Crippen MR) is 115 cm³/mol. The molecule has 0 atom stereocenters. The van der Waals surface area contributed by atoms with Gasteiger partial charge in [0, 0.05) is 5.39 Å². The lowest BCUT2D eigenvalue weighted by atomic mass is 10.2. The Morgan fingerprint density at radius 3 is 2.50 bits per heavy atom. The van der Waals surface area contributed by atoms with Crippen molar-refractivity contribution < 1.29 is 17.9 Å². The van der Waals surface area contributed by atoms with Crippen molar-refractivity contribution >= 4 is 40.2 Å². The zero-order chi connectivity index (χ0) is 22.7. The highest BCUT2D eigenvalue weighted by molar-refractivity contribution is 7.98. The second kappa shape index (κ2) is 8.83. The minimum atomic E-state index is -4.66. The van der Waals surface area contributed by atoms with Gasteiger partial charge in [0.1, 0.15) is 16.6 Å². The van der Waals surface area contributed by atoms with E-state index in [9.17, 15) is 13.2 Å². The normalized spacial score (nSPS) is 11.5. The van der Waals surface area contributed by atoms with E-state index in [4.69, 9.17) is 10.5 Å². The van der Waals surface area contributed by atoms with E-state index in [-0.39, 0.29) is 34.0 Å². The maximum Gasteiger partial charge on any atom is 0.451 e. The van der Waals surface area contributed by atoms with Crippen molar-refractivity contribution in [1.82, 2.24) is 24.9 Å². The van der Waals surface area contributed by atoms with Crippen LogP contribution in [0.15, 0.2) is 53.6 Å². The Morgan fingerprint density at radius 2 is 1.72 bits per heavy atom. The lowest BCUT2D eigenvalue weighted by Gasteiger charge is -2.11. The number of halogens is 3. The molecule has 8 nitrogen and oxygen atoms in total. The highest BCUT2D eigenvalue weighted by atomic mass is 32.2. The van der Waals surface area contributed by atoms with Crippen molar-refractivity contribution in [1.29, 1.82) is 0 Å². The molecule has 4 aromatic rings. The van der Waals surface area contributed by atoms with Gasteiger partial charge in [-0.3, -0.25) is 0 Å². The molecule has 0 fully saturated rings. The number of aromatic nitrogens is 5. The molecule has 2 aromatic carbocycles. The molecule has 164 valence electrons. The first kappa shape index (κ1) is 21.6. The van der Waals surface area contributed by atoms with Crippen molar-refractivity contribution in [3.8, 4) is 5.75 Å². The molecule has 0 saturated heterocycles. The number of nitrogens with one attached hydrogen (secondary N) is 1. The topological polar surface area (TPSA) is 112 Å². The van der Waals surface area contributed by atoms with E-state index in [1.54, 1.807) is 30.3 Å². The highest BCUT2D eigenvalue weighted by Crippen LogP contribution is 2.33. The Bertz CT molecular complexity index is 1270. The van der Waals surface area contributed by atoms with E-state index in [0.29, 0.717) is 16.8 Å². The first-order valence-electron chi connectivity index (χ1n) is 9.21. The summed E-state index contributed by atoms with van der Waals surface area (Å²) in [6, 6.07) is 13.7. The fraction of sp³-hybridized carbons (Fsp3) is 0.150. The number of rotatable bonds is 6. The fourth-order valence-electron chi connectivity index (χ4n) is 2.84. The average molecular weight is 459 g/mol. The van der Waals surface area contributed by atoms with Crippen molar-refractivity contribution in [3.05, 3.63) is 60.2 Å². The van der Waals surface area contributed by atoms with Gasteiger partial charge in [0.05, 0.1) is 24.1 Å². The molecule has 0 radical (unpaired) electrons. The molecule has 0 saturated carbocycles. The maximum atomic E-state index is 13.2. The summed E-state index contributed by atoms with van der Waals surface area (Å²) in [5.41, 5.74) is 6.63. The van der Waals surface area contributed by atoms with Gasteiger partial charge in [-0.15, -0.1) is 0 Å². The average Bonchev–Trinajstić information content (AvgIpc) is 2.76. The Kier molecular flexibility index (Phi) is 5.95. The van der Waals surface area contributed by atoms with Crippen LogP contribution in [0.25, 0.3) is 10.9 Å². The molecule has 0 spiro atoms. The van der Waals surface area contributed by atoms with Gasteiger partial charge >= 0.3 is 6.18 Å². The van der Waals surface area contributed by atoms with Crippen LogP contribution in [0, 0.1) is 0 Å². The van der Waals surface area contributed by atoms with E-state index in [1.165, 1.54) is 13.2 Å². The van der Waals surface area contributed by atoms with Gasteiger partial charge in [0.2, 0.25) is 17.7 Å². The van der Waals surface area contributed by atoms with Crippen LogP contribution in [-0.2, 0) is 11.9 Å². The number of hydrogen-bond donors (Lipinski definition) is 2. The van der Waals surface area contributed by atoms with Gasteiger partial charge < -0.3 is 15.8 Å². The number of methoxy groups -OCH3 is 1. The van der Waals surface area contributed by atoms with Gasteiger partial charge in [-0.2, -0.15) is 28.1 Å². The number of nitrogens with two attached hydrogens (primary N) is 1. The van der Waals surface area contributed by atoms with Gasteiger partial charge in [-0.25, -0.2) is 9.97 Å². The third-order valence-electron chi connectivity index (χ3n) is 4.21. The molecular weight excluding hydrogens is 443 g/mol. The van der Waals surface area contributed by atoms with E-state index in [2.05, 4.69) is 30.2 Å². The second-order valence-electron chi connectivity index (χ2n) is 6.41. The molecule has 32 heavy (non-hydrogen) atoms. The number of alkyl halides is 3. The summed E-state index contributed by atoms with van der Waals surface area (Å²) in [5, 5.41) is 3.68. The van der Waals surface area contributed by atoms with Crippen molar-refractivity contribution in [2.45, 2.75) is 17.0 Å². The van der Waals surface area contributed by atoms with Crippen LogP contribution < -0.4 is 15.8 Å². The number of nitrogens with zero attached hydrogens (tertiary/aromatic N) is 5. The molecule has 0 unspecified atom stereocenters. The third kappa shape index (κ3) is 4.80. The van der Waals surface area contributed by atoms with E-state index in [0.717, 1.165) is 11.8 Å². The predicted octanol–water partition coefficient (Wildman–Crippen LogP) is 4.46. The number of hydrogen-bond acceptors (Lipinski definition) is 9. The summed E-state index contributed by atoms with van der Waals surface area (Å²) in [4.78, 5) is 19.8. The van der Waals surface area contributed by atoms with Crippen LogP contribution in [-0.4, -0.2) is 32.0 Å². The number of benzene rings is 2. The van der Waals surface area contributed by atoms with E-state index < -0.39 is 12.0 Å². The number of anilines is 3. The zero-order valence-electron chi connectivity index (χ0n) is 16.6. The summed E-state index contributed by atoms with van der Waals surface area (Å²) in [6.07, 6.45) is -4.66. The van der Waals surface area contributed by atoms with Crippen LogP contribution in [0.3, 0.4) is 0 Å². The van der Waals surface area contributed by atoms with Gasteiger partial charge in [-0.05, 0) is 18.2 Å². The number of nitrogen functional groups attached to an aromatic ring is 1. The molecule has 0 amide bonds. The molecule has 3 N–H and O–H groups in total. The first-order valence-corrected chi connectivity index (χ1v) is 10.2. The third-order valence-corrected chi connectivity index (χ3v) is 5.20. The number of ether oxygens (including phenoxy) is 1. The van der Waals surface area contributed by atoms with Crippen LogP contribution in [0.1, 0.15) is 11.6 Å². The van der Waals surface area contributed by atoms with Crippen LogP contribution in [0.5, 0.6) is 5.75 Å². The molecule has 2 aromatic heterocycles. The molecule has 2 heterocycles. The maximum absolute atomic E-state index is 13.2. The quantitative estimate of drug-likeness (QED) is 0.319. The zero-order valence-corrected chi connectivity index (χ0v) is 17.4. The summed E-state index contributed by atoms with van der Waals surface area (Å²) >= 11 is 1.05. The minimum Gasteiger partial charge on any atom is -0.495 e. The standard InChI is InChI=1S/C20H16F3N7OS/c1-31-14-9-5-4-8-13(14)26-19-28-15(27-18(24)30-19)10-32-16-11-6-2-3-7-12(11)25-17(29-16)20(21,22)23/h2-9H,10H2,1H3,(H3,24,26,27,28,30). The molecule has 0 aliphatic heterocycles. The van der Waals surface area contributed by atoms with Crippen molar-refractivity contribution in [2.75, 3.05) is 18.2 Å². The second-order valence-corrected chi connectivity index (χ2v) is 7.38. The fourth-order valence-corrected chi connectivity index (χ4v) is 3.72. The van der Waals surface area contributed by atoms with Gasteiger partial charge in [0.25, 0.3) is 0 Å². The van der Waals surface area contributed by atoms with Crippen LogP contribution >= 0.6 is 11.8 Å². The smallest absolute Gasteiger partial charge is 0.451 e. The first-order chi connectivity index (χ1) is 15.3. The van der Waals surface area contributed by atoms with E-state index >= 15 is 0 Å². The number of para-hydroxylation sites is 3. The molecule has 0 aliphatic carbocycles. The lowest BCUT2D eigenvalue weighted by Crippen LogP contribution is -2.12. The largest absolute Gasteiger partial charge is 0.495 e. The Morgan fingerprint density at radius 1 is 0.969 bits per heavy atom. The molecule has 0 aliphatic rings. The summed E-state index contributed by atoms with van der Waals surface area (Å²) in [6.45, 7) is 0. The van der Waals surface area contributed by atoms with Crippen LogP contribution in [0.2, 0.25) is 0 Å². The molecular formula is C20H16F3N7OS. The SMILES string of the molecule is COc1ccccc1Nc1nc(N)nc(CSc2nc(C(F)(F)F)nc3ccccc23)n1. The van der Waals surface area contributed by atoms with Crippen molar-refractivity contribution in [3.63, 3.8) is 0 Å². The highest BCUT2D eigenvalue weighted by Gasteiger charge is 2.35. The monoisotopic (exact) mass is 459 g/mol. The van der Waals surface area contributed by atoms with E-state index in [1.807, 2.05) is 12.1 Å². The molecule has 12 heteroatoms. The van der Waals surface area contributed by atoms with Crippen molar-refractivity contribution in [2.24, 2.45) is 0 Å². The summed E-state index contributed by atoms with van der Waals surface area (Å²) < 4.78 is 45.0. The molecule has 4 rings (SSSR count). The number of thioether (sulfide) groups is 1. The Hall–Kier alpha value is -3.67. The Labute approximate surface area is 184 Å². The Balaban J connectivity index is 1.61. The number of fused-ring (bicyclic) bond motifs is 1. The summed E-state index contributed by atoms with van der Waals surface area (Å²) in [5.74, 6) is -0.0817. The van der Waals surface area contributed by atoms with Gasteiger partial charge in [0.15, 0.2) is 0 Å². The van der Waals surface area contributed by atoms with Gasteiger partial charge in [-0.1, -0.05) is 42.1 Å². The molecule has 0 bridgehead atoms.